The van der Waals surface area contributed by atoms with E-state index >= 15 is 0 Å². The van der Waals surface area contributed by atoms with Crippen LogP contribution in [0.1, 0.15) is 17.4 Å². The van der Waals surface area contributed by atoms with Crippen LogP contribution in [-0.2, 0) is 0 Å². The summed E-state index contributed by atoms with van der Waals surface area (Å²) < 4.78 is 10.0. The lowest BCUT2D eigenvalue weighted by atomic mass is 10.1. The molecule has 0 spiro atoms. The number of ether oxygens (including phenoxy) is 2. The van der Waals surface area contributed by atoms with E-state index in [4.69, 9.17) is 15.2 Å². The van der Waals surface area contributed by atoms with E-state index in [1.165, 1.54) is 20.4 Å². The smallest absolute Gasteiger partial charge is 0.237 e. The Bertz CT molecular complexity index is 517. The number of aromatic nitrogens is 4. The fourth-order valence-electron chi connectivity index (χ4n) is 1.45. The highest BCUT2D eigenvalue weighted by Gasteiger charge is 2.18. The van der Waals surface area contributed by atoms with Crippen LogP contribution in [0.25, 0.3) is 0 Å². The van der Waals surface area contributed by atoms with E-state index in [9.17, 15) is 0 Å². The van der Waals surface area contributed by atoms with Crippen molar-refractivity contribution in [2.24, 2.45) is 5.73 Å². The fraction of sp³-hybridized carbons (Fsp3) is 0.273. The van der Waals surface area contributed by atoms with Gasteiger partial charge in [-0.2, -0.15) is 0 Å². The lowest BCUT2D eigenvalue weighted by Crippen LogP contribution is -2.17. The van der Waals surface area contributed by atoms with Crippen LogP contribution in [0.4, 0.5) is 0 Å². The largest absolute Gasteiger partial charge is 0.480 e. The maximum atomic E-state index is 6.06. The summed E-state index contributed by atoms with van der Waals surface area (Å²) in [6.07, 6.45) is 3.09. The van der Waals surface area contributed by atoms with Gasteiger partial charge in [-0.3, -0.25) is 4.98 Å². The Morgan fingerprint density at radius 2 is 1.83 bits per heavy atom. The molecule has 2 heterocycles. The van der Waals surface area contributed by atoms with E-state index in [1.54, 1.807) is 18.3 Å². The summed E-state index contributed by atoms with van der Waals surface area (Å²) in [7, 11) is 3.04. The first-order valence-electron chi connectivity index (χ1n) is 5.24. The Hall–Kier alpha value is -2.28. The summed E-state index contributed by atoms with van der Waals surface area (Å²) in [6, 6.07) is 2.86. The van der Waals surface area contributed by atoms with Crippen molar-refractivity contribution in [2.45, 2.75) is 6.04 Å². The molecule has 0 aliphatic carbocycles. The molecule has 0 amide bonds. The molecule has 0 aliphatic heterocycles. The van der Waals surface area contributed by atoms with Crippen molar-refractivity contribution in [3.05, 3.63) is 35.9 Å². The Kier molecular flexibility index (Phi) is 3.63. The molecule has 18 heavy (non-hydrogen) atoms. The van der Waals surface area contributed by atoms with Crippen LogP contribution >= 0.6 is 0 Å². The van der Waals surface area contributed by atoms with Gasteiger partial charge in [0, 0.05) is 18.5 Å². The van der Waals surface area contributed by atoms with Crippen molar-refractivity contribution < 1.29 is 9.47 Å². The highest BCUT2D eigenvalue weighted by Crippen LogP contribution is 2.22. The monoisotopic (exact) mass is 247 g/mol. The molecule has 7 nitrogen and oxygen atoms in total. The van der Waals surface area contributed by atoms with Gasteiger partial charge in [0.05, 0.1) is 26.0 Å². The molecule has 0 radical (unpaired) electrons. The van der Waals surface area contributed by atoms with Crippen LogP contribution in [0.2, 0.25) is 0 Å². The van der Waals surface area contributed by atoms with Crippen molar-refractivity contribution >= 4 is 0 Å². The zero-order valence-electron chi connectivity index (χ0n) is 10.1. The Labute approximate surface area is 104 Å². The van der Waals surface area contributed by atoms with E-state index in [0.717, 1.165) is 0 Å². The van der Waals surface area contributed by atoms with Crippen LogP contribution in [0.5, 0.6) is 11.8 Å². The summed E-state index contributed by atoms with van der Waals surface area (Å²) in [5.74, 6) is 0.805. The zero-order valence-corrected chi connectivity index (χ0v) is 10.1. The first-order chi connectivity index (χ1) is 8.76. The summed E-state index contributed by atoms with van der Waals surface area (Å²) in [5.41, 5.74) is 7.14. The third-order valence-electron chi connectivity index (χ3n) is 2.37. The highest BCUT2D eigenvalue weighted by atomic mass is 16.5. The van der Waals surface area contributed by atoms with Gasteiger partial charge in [-0.1, -0.05) is 0 Å². The quantitative estimate of drug-likeness (QED) is 0.831. The van der Waals surface area contributed by atoms with Crippen LogP contribution in [0.15, 0.2) is 24.5 Å². The molecule has 1 atom stereocenters. The zero-order chi connectivity index (χ0) is 13.0. The van der Waals surface area contributed by atoms with Gasteiger partial charge in [0.2, 0.25) is 11.8 Å². The fourth-order valence-corrected chi connectivity index (χ4v) is 1.45. The second-order valence-corrected chi connectivity index (χ2v) is 3.43. The van der Waals surface area contributed by atoms with Gasteiger partial charge in [0.15, 0.2) is 0 Å². The minimum Gasteiger partial charge on any atom is -0.480 e. The first-order valence-corrected chi connectivity index (χ1v) is 5.24. The lowest BCUT2D eigenvalue weighted by Gasteiger charge is -2.12. The van der Waals surface area contributed by atoms with Crippen LogP contribution in [0, 0.1) is 0 Å². The molecule has 2 aromatic heterocycles. The number of methoxy groups -OCH3 is 2. The number of hydrogen-bond acceptors (Lipinski definition) is 7. The van der Waals surface area contributed by atoms with Gasteiger partial charge in [0.25, 0.3) is 0 Å². The third kappa shape index (κ3) is 2.35. The number of rotatable bonds is 4. The molecule has 0 saturated carbocycles. The van der Waals surface area contributed by atoms with Gasteiger partial charge >= 0.3 is 0 Å². The van der Waals surface area contributed by atoms with Crippen molar-refractivity contribution in [3.8, 4) is 11.8 Å². The Morgan fingerprint density at radius 1 is 1.06 bits per heavy atom. The predicted octanol–water partition coefficient (Wildman–Crippen LogP) is 0.332. The molecule has 1 unspecified atom stereocenters. The molecule has 0 bridgehead atoms. The van der Waals surface area contributed by atoms with Crippen molar-refractivity contribution in [1.29, 1.82) is 0 Å². The molecule has 0 aliphatic rings. The van der Waals surface area contributed by atoms with E-state index in [1.807, 2.05) is 0 Å². The average molecular weight is 247 g/mol. The first kappa shape index (κ1) is 12.2. The summed E-state index contributed by atoms with van der Waals surface area (Å²) in [5, 5.41) is 7.84. The minimum absolute atomic E-state index is 0.377. The average Bonchev–Trinajstić information content (AvgIpc) is 2.46. The SMILES string of the molecule is COc1ccc(C(N)c2nccnc2OC)nn1. The minimum atomic E-state index is -0.549. The van der Waals surface area contributed by atoms with Crippen molar-refractivity contribution in [2.75, 3.05) is 14.2 Å². The number of nitrogens with two attached hydrogens (primary N) is 1. The Morgan fingerprint density at radius 3 is 2.44 bits per heavy atom. The van der Waals surface area contributed by atoms with Gasteiger partial charge in [0.1, 0.15) is 5.69 Å². The molecular formula is C11H13N5O2. The molecule has 0 saturated heterocycles. The lowest BCUT2D eigenvalue weighted by molar-refractivity contribution is 0.384. The summed E-state index contributed by atoms with van der Waals surface area (Å²) in [6.45, 7) is 0. The van der Waals surface area contributed by atoms with Crippen molar-refractivity contribution in [1.82, 2.24) is 20.2 Å². The van der Waals surface area contributed by atoms with E-state index in [-0.39, 0.29) is 0 Å². The maximum absolute atomic E-state index is 6.06. The second-order valence-electron chi connectivity index (χ2n) is 3.43. The molecule has 2 aromatic rings. The topological polar surface area (TPSA) is 96.0 Å². The van der Waals surface area contributed by atoms with Gasteiger partial charge in [-0.05, 0) is 6.07 Å². The molecule has 7 heteroatoms. The highest BCUT2D eigenvalue weighted by molar-refractivity contribution is 5.28. The summed E-state index contributed by atoms with van der Waals surface area (Å²) in [4.78, 5) is 8.20. The molecule has 0 fully saturated rings. The standard InChI is InChI=1S/C11H13N5O2/c1-17-8-4-3-7(15-16-8)9(12)10-11(18-2)14-6-5-13-10/h3-6,9H,12H2,1-2H3. The Balaban J connectivity index is 2.31. The summed E-state index contributed by atoms with van der Waals surface area (Å²) >= 11 is 0. The van der Waals surface area contributed by atoms with Crippen LogP contribution in [0.3, 0.4) is 0 Å². The van der Waals surface area contributed by atoms with Crippen molar-refractivity contribution in [3.63, 3.8) is 0 Å². The van der Waals surface area contributed by atoms with E-state index < -0.39 is 6.04 Å². The third-order valence-corrected chi connectivity index (χ3v) is 2.37. The van der Waals surface area contributed by atoms with E-state index in [2.05, 4.69) is 20.2 Å². The van der Waals surface area contributed by atoms with Gasteiger partial charge < -0.3 is 15.2 Å². The van der Waals surface area contributed by atoms with Gasteiger partial charge in [-0.15, -0.1) is 10.2 Å². The molecule has 2 N–H and O–H groups in total. The van der Waals surface area contributed by atoms with E-state index in [0.29, 0.717) is 23.1 Å². The number of nitrogens with zero attached hydrogens (tertiary/aromatic N) is 4. The molecule has 0 aromatic carbocycles. The van der Waals surface area contributed by atoms with Gasteiger partial charge in [-0.25, -0.2) is 4.98 Å². The second kappa shape index (κ2) is 5.37. The van der Waals surface area contributed by atoms with Crippen LogP contribution < -0.4 is 15.2 Å². The normalized spacial score (nSPS) is 11.9. The maximum Gasteiger partial charge on any atom is 0.237 e. The van der Waals surface area contributed by atoms with Crippen LogP contribution in [-0.4, -0.2) is 34.4 Å². The molecular weight excluding hydrogens is 234 g/mol. The predicted molar refractivity (Wildman–Crippen MR) is 63.2 cm³/mol. The molecule has 2 rings (SSSR count). The number of hydrogen-bond donors (Lipinski definition) is 1. The molecule has 94 valence electrons.